The maximum atomic E-state index is 13.8. The minimum absolute atomic E-state index is 0.122. The fourth-order valence-electron chi connectivity index (χ4n) is 10.4. The van der Waals surface area contributed by atoms with Crippen molar-refractivity contribution < 1.29 is 19.2 Å². The van der Waals surface area contributed by atoms with E-state index in [-0.39, 0.29) is 30.0 Å². The fourth-order valence-corrected chi connectivity index (χ4v) is 10.4. The first kappa shape index (κ1) is 40.5. The number of anilines is 4. The molecule has 6 aliphatic rings. The number of amides is 4. The molecule has 2 aromatic carbocycles. The zero-order valence-electron chi connectivity index (χ0n) is 35.8. The molecule has 1 atom stereocenters. The molecule has 0 bridgehead atoms. The first-order chi connectivity index (χ1) is 30.2. The number of benzene rings is 2. The zero-order chi connectivity index (χ0) is 42.3. The van der Waals surface area contributed by atoms with E-state index in [0.717, 1.165) is 144 Å². The number of piperidine rings is 4. The molecule has 62 heavy (non-hydrogen) atoms. The van der Waals surface area contributed by atoms with Crippen molar-refractivity contribution in [1.82, 2.24) is 39.8 Å². The van der Waals surface area contributed by atoms with Gasteiger partial charge in [0.15, 0.2) is 0 Å². The number of likely N-dealkylation sites (N-methyl/N-ethyl adjacent to an activating group) is 1. The molecule has 4 amide bonds. The Morgan fingerprint density at radius 3 is 2.39 bits per heavy atom. The number of carbonyl (C=O) groups excluding carboxylic acids is 4. The van der Waals surface area contributed by atoms with E-state index in [0.29, 0.717) is 42.1 Å². The van der Waals surface area contributed by atoms with Crippen LogP contribution in [0.5, 0.6) is 0 Å². The highest BCUT2D eigenvalue weighted by atomic mass is 16.2. The van der Waals surface area contributed by atoms with Gasteiger partial charge >= 0.3 is 0 Å². The predicted molar refractivity (Wildman–Crippen MR) is 238 cm³/mol. The molecule has 16 heteroatoms. The summed E-state index contributed by atoms with van der Waals surface area (Å²) in [4.78, 5) is 74.1. The van der Waals surface area contributed by atoms with Crippen molar-refractivity contribution in [1.29, 1.82) is 0 Å². The van der Waals surface area contributed by atoms with Crippen molar-refractivity contribution in [3.05, 3.63) is 65.6 Å². The zero-order valence-corrected chi connectivity index (χ0v) is 35.8. The molecule has 0 radical (unpaired) electrons. The van der Waals surface area contributed by atoms with Gasteiger partial charge in [-0.25, -0.2) is 9.97 Å². The average molecular weight is 843 g/mol. The average Bonchev–Trinajstić information content (AvgIpc) is 3.87. The summed E-state index contributed by atoms with van der Waals surface area (Å²) in [5.41, 5.74) is 5.81. The Bertz CT molecular complexity index is 2340. The van der Waals surface area contributed by atoms with Crippen molar-refractivity contribution >= 4 is 57.5 Å². The quantitative estimate of drug-likeness (QED) is 0.233. The number of piperazine rings is 1. The van der Waals surface area contributed by atoms with Gasteiger partial charge in [0.25, 0.3) is 11.8 Å². The van der Waals surface area contributed by atoms with Gasteiger partial charge in [0.1, 0.15) is 11.7 Å². The van der Waals surface area contributed by atoms with E-state index in [4.69, 9.17) is 10.1 Å². The lowest BCUT2D eigenvalue weighted by molar-refractivity contribution is -0.136. The van der Waals surface area contributed by atoms with Crippen molar-refractivity contribution in [3.8, 4) is 0 Å². The number of aromatic nitrogens is 4. The van der Waals surface area contributed by atoms with Gasteiger partial charge in [-0.15, -0.1) is 0 Å². The number of imide groups is 1. The highest BCUT2D eigenvalue weighted by Crippen LogP contribution is 2.36. The fraction of sp³-hybridized carbons (Fsp3) is 0.543. The first-order valence-electron chi connectivity index (χ1n) is 22.8. The van der Waals surface area contributed by atoms with Gasteiger partial charge in [-0.05, 0) is 100 Å². The molecule has 8 heterocycles. The number of nitrogens with zero attached hydrogens (tertiary/aromatic N) is 10. The van der Waals surface area contributed by atoms with Crippen molar-refractivity contribution in [2.45, 2.75) is 76.4 Å². The minimum atomic E-state index is -0.596. The van der Waals surface area contributed by atoms with E-state index < -0.39 is 6.04 Å². The van der Waals surface area contributed by atoms with Crippen molar-refractivity contribution in [3.63, 3.8) is 0 Å². The summed E-state index contributed by atoms with van der Waals surface area (Å²) in [6.45, 7) is 10.9. The van der Waals surface area contributed by atoms with Crippen LogP contribution in [0.3, 0.4) is 0 Å². The second kappa shape index (κ2) is 17.3. The Balaban J connectivity index is 0.748. The maximum absolute atomic E-state index is 13.8. The molecule has 0 aliphatic carbocycles. The van der Waals surface area contributed by atoms with Crippen LogP contribution in [-0.4, -0.2) is 143 Å². The van der Waals surface area contributed by atoms with E-state index in [2.05, 4.69) is 76.2 Å². The van der Waals surface area contributed by atoms with E-state index in [1.165, 1.54) is 6.42 Å². The van der Waals surface area contributed by atoms with E-state index in [1.54, 1.807) is 17.2 Å². The van der Waals surface area contributed by atoms with Crippen LogP contribution in [0.25, 0.3) is 10.9 Å². The largest absolute Gasteiger partial charge is 0.371 e. The van der Waals surface area contributed by atoms with E-state index >= 15 is 0 Å². The number of likely N-dealkylation sites (tertiary alicyclic amines) is 1. The molecular weight excluding hydrogens is 785 g/mol. The van der Waals surface area contributed by atoms with Crippen LogP contribution in [0.15, 0.2) is 48.8 Å². The normalized spacial score (nSPS) is 22.4. The third kappa shape index (κ3) is 8.33. The van der Waals surface area contributed by atoms with Crippen LogP contribution in [0.4, 0.5) is 23.0 Å². The Hall–Kier alpha value is -5.61. The monoisotopic (exact) mass is 842 g/mol. The van der Waals surface area contributed by atoms with Crippen LogP contribution in [0.2, 0.25) is 0 Å². The number of rotatable bonds is 9. The number of nitrogens with one attached hydrogen (secondary N) is 2. The number of fused-ring (bicyclic) bond motifs is 2. The highest BCUT2D eigenvalue weighted by molar-refractivity contribution is 6.07. The summed E-state index contributed by atoms with van der Waals surface area (Å²) in [5.74, 6) is 0.222. The van der Waals surface area contributed by atoms with Crippen molar-refractivity contribution in [2.24, 2.45) is 5.92 Å². The Morgan fingerprint density at radius 1 is 0.823 bits per heavy atom. The van der Waals surface area contributed by atoms with Crippen LogP contribution in [0, 0.1) is 5.92 Å². The topological polar surface area (TPSA) is 155 Å². The van der Waals surface area contributed by atoms with Gasteiger partial charge in [0, 0.05) is 114 Å². The Kier molecular flexibility index (Phi) is 11.3. The summed E-state index contributed by atoms with van der Waals surface area (Å²) in [5, 5.41) is 11.8. The van der Waals surface area contributed by atoms with E-state index in [1.807, 2.05) is 12.1 Å². The van der Waals surface area contributed by atoms with Crippen LogP contribution in [0.1, 0.15) is 90.2 Å². The summed E-state index contributed by atoms with van der Waals surface area (Å²) < 4.78 is 2.17. The number of hydrogen-bond donors (Lipinski definition) is 2. The molecule has 2 N–H and O–H groups in total. The van der Waals surface area contributed by atoms with Gasteiger partial charge in [0.05, 0.1) is 22.9 Å². The van der Waals surface area contributed by atoms with E-state index in [9.17, 15) is 19.2 Å². The molecular formula is C46H58N12O4. The molecule has 0 saturated carbocycles. The highest BCUT2D eigenvalue weighted by Gasteiger charge is 2.39. The lowest BCUT2D eigenvalue weighted by Gasteiger charge is -2.38. The van der Waals surface area contributed by atoms with Crippen molar-refractivity contribution in [2.75, 3.05) is 99.1 Å². The SMILES string of the molecule is CN1CCN(c2nccc(C(=O)Nc3cc4cn(C5CCN(CC6CCN(c7ccc8c(c7)C(=O)N(C7CCC(=O)NC7=O)C8)CC6)CC5)nc4cc3N3CCCCC3)n2)CC1. The summed E-state index contributed by atoms with van der Waals surface area (Å²) in [6, 6.07) is 11.8. The lowest BCUT2D eigenvalue weighted by atomic mass is 9.94. The smallest absolute Gasteiger partial charge is 0.274 e. The second-order valence-electron chi connectivity index (χ2n) is 18.3. The first-order valence-corrected chi connectivity index (χ1v) is 22.8. The minimum Gasteiger partial charge on any atom is -0.371 e. The molecule has 1 unspecified atom stereocenters. The van der Waals surface area contributed by atoms with Gasteiger partial charge < -0.3 is 34.7 Å². The number of carbonyl (C=O) groups is 4. The van der Waals surface area contributed by atoms with Gasteiger partial charge in [-0.3, -0.25) is 29.2 Å². The molecule has 0 spiro atoms. The number of hydrogen-bond acceptors (Lipinski definition) is 12. The maximum Gasteiger partial charge on any atom is 0.274 e. The lowest BCUT2D eigenvalue weighted by Crippen LogP contribution is -2.52. The second-order valence-corrected chi connectivity index (χ2v) is 18.3. The van der Waals surface area contributed by atoms with Gasteiger partial charge in [-0.1, -0.05) is 6.07 Å². The van der Waals surface area contributed by atoms with Gasteiger partial charge in [0.2, 0.25) is 17.8 Å². The molecule has 6 aliphatic heterocycles. The Morgan fingerprint density at radius 2 is 1.61 bits per heavy atom. The van der Waals surface area contributed by atoms with Crippen LogP contribution >= 0.6 is 0 Å². The Labute approximate surface area is 362 Å². The van der Waals surface area contributed by atoms with Crippen LogP contribution < -0.4 is 25.3 Å². The van der Waals surface area contributed by atoms with Gasteiger partial charge in [-0.2, -0.15) is 5.10 Å². The molecule has 16 nitrogen and oxygen atoms in total. The third-order valence-electron chi connectivity index (χ3n) is 14.2. The molecule has 5 fully saturated rings. The molecule has 5 saturated heterocycles. The predicted octanol–water partition coefficient (Wildman–Crippen LogP) is 4.14. The van der Waals surface area contributed by atoms with Crippen LogP contribution in [-0.2, 0) is 16.1 Å². The molecule has 10 rings (SSSR count). The summed E-state index contributed by atoms with van der Waals surface area (Å²) in [7, 11) is 2.12. The molecule has 326 valence electrons. The molecule has 2 aromatic heterocycles. The molecule has 4 aromatic rings. The standard InChI is InChI=1S/C46H58N12O4/c1-52-21-23-56(24-22-52)46-47-14-9-37(49-46)43(60)48-39-25-33-30-58(51-38(33)27-41(39)55-15-3-2-4-16-55)34-12-17-53(18-13-34)28-31-10-19-54(20-11-31)35-6-5-32-29-57(45(62)36(32)26-35)40-7-8-42(59)50-44(40)61/h5-6,9,14,25-27,30-31,34,40H,2-4,7-8,10-13,15-24,28-29H2,1H3,(H,48,60)(H,50,59,61). The third-order valence-corrected chi connectivity index (χ3v) is 14.2. The summed E-state index contributed by atoms with van der Waals surface area (Å²) >= 11 is 0. The summed E-state index contributed by atoms with van der Waals surface area (Å²) in [6.07, 6.45) is 12.2.